The third kappa shape index (κ3) is 2.60. The Balaban J connectivity index is 2.09. The molecule has 0 bridgehead atoms. The molecule has 0 amide bonds. The van der Waals surface area contributed by atoms with Gasteiger partial charge in [-0.3, -0.25) is 0 Å². The molecule has 0 saturated heterocycles. The van der Waals surface area contributed by atoms with Crippen LogP contribution in [0.2, 0.25) is 0 Å². The average molecular weight is 212 g/mol. The molecule has 2 nitrogen and oxygen atoms in total. The summed E-state index contributed by atoms with van der Waals surface area (Å²) in [4.78, 5) is 4.25. The summed E-state index contributed by atoms with van der Waals surface area (Å²) in [5.41, 5.74) is 2.56. The second kappa shape index (κ2) is 4.79. The van der Waals surface area contributed by atoms with Crippen molar-refractivity contribution in [3.63, 3.8) is 0 Å². The van der Waals surface area contributed by atoms with Crippen LogP contribution in [0.4, 0.5) is 5.82 Å². The van der Waals surface area contributed by atoms with Gasteiger partial charge in [0.15, 0.2) is 0 Å². The standard InChI is InChI=1S/C14H16N2/c1-11-6-8-13(9-7-11)12(2)16-14-5-3-4-10-15-14/h3-10,12H,1-2H3,(H,15,16). The lowest BCUT2D eigenvalue weighted by atomic mass is 10.1. The van der Waals surface area contributed by atoms with E-state index < -0.39 is 0 Å². The Morgan fingerprint density at radius 1 is 1.06 bits per heavy atom. The van der Waals surface area contributed by atoms with Gasteiger partial charge in [0.1, 0.15) is 5.82 Å². The summed E-state index contributed by atoms with van der Waals surface area (Å²) in [5.74, 6) is 0.913. The Labute approximate surface area is 96.4 Å². The summed E-state index contributed by atoms with van der Waals surface area (Å²) in [5, 5.41) is 3.37. The quantitative estimate of drug-likeness (QED) is 0.841. The van der Waals surface area contributed by atoms with Gasteiger partial charge >= 0.3 is 0 Å². The van der Waals surface area contributed by atoms with Crippen molar-refractivity contribution in [2.24, 2.45) is 0 Å². The SMILES string of the molecule is Cc1ccc(C(C)Nc2ccccn2)cc1. The minimum absolute atomic E-state index is 0.274. The van der Waals surface area contributed by atoms with Crippen molar-refractivity contribution in [2.75, 3.05) is 5.32 Å². The van der Waals surface area contributed by atoms with Crippen LogP contribution >= 0.6 is 0 Å². The van der Waals surface area contributed by atoms with Gasteiger partial charge in [-0.1, -0.05) is 35.9 Å². The average Bonchev–Trinajstić information content (AvgIpc) is 2.31. The van der Waals surface area contributed by atoms with Crippen molar-refractivity contribution < 1.29 is 0 Å². The van der Waals surface area contributed by atoms with Gasteiger partial charge in [0, 0.05) is 12.2 Å². The molecule has 0 aliphatic carbocycles. The highest BCUT2D eigenvalue weighted by molar-refractivity contribution is 5.37. The van der Waals surface area contributed by atoms with Crippen LogP contribution < -0.4 is 5.32 Å². The molecule has 1 atom stereocenters. The summed E-state index contributed by atoms with van der Waals surface area (Å²) in [6.07, 6.45) is 1.80. The highest BCUT2D eigenvalue weighted by atomic mass is 15.0. The van der Waals surface area contributed by atoms with Crippen LogP contribution in [0, 0.1) is 6.92 Å². The first-order valence-corrected chi connectivity index (χ1v) is 5.50. The molecule has 0 radical (unpaired) electrons. The molecule has 0 aliphatic heterocycles. The number of nitrogens with zero attached hydrogens (tertiary/aromatic N) is 1. The molecule has 16 heavy (non-hydrogen) atoms. The number of nitrogens with one attached hydrogen (secondary N) is 1. The number of aromatic nitrogens is 1. The Morgan fingerprint density at radius 3 is 2.44 bits per heavy atom. The van der Waals surface area contributed by atoms with E-state index in [0.717, 1.165) is 5.82 Å². The number of pyridine rings is 1. The van der Waals surface area contributed by atoms with Gasteiger partial charge in [0.25, 0.3) is 0 Å². The maximum Gasteiger partial charge on any atom is 0.126 e. The first-order chi connectivity index (χ1) is 7.75. The van der Waals surface area contributed by atoms with E-state index >= 15 is 0 Å². The Kier molecular flexibility index (Phi) is 3.20. The van der Waals surface area contributed by atoms with E-state index in [1.165, 1.54) is 11.1 Å². The van der Waals surface area contributed by atoms with Crippen molar-refractivity contribution in [3.05, 3.63) is 59.8 Å². The Morgan fingerprint density at radius 2 is 1.81 bits per heavy atom. The van der Waals surface area contributed by atoms with Crippen LogP contribution in [0.5, 0.6) is 0 Å². The fraction of sp³-hybridized carbons (Fsp3) is 0.214. The number of rotatable bonds is 3. The van der Waals surface area contributed by atoms with Gasteiger partial charge in [-0.05, 0) is 31.5 Å². The van der Waals surface area contributed by atoms with Crippen molar-refractivity contribution in [1.29, 1.82) is 0 Å². The van der Waals surface area contributed by atoms with Crippen molar-refractivity contribution in [3.8, 4) is 0 Å². The van der Waals surface area contributed by atoms with Crippen molar-refractivity contribution >= 4 is 5.82 Å². The van der Waals surface area contributed by atoms with Crippen LogP contribution in [0.15, 0.2) is 48.7 Å². The zero-order valence-electron chi connectivity index (χ0n) is 9.64. The van der Waals surface area contributed by atoms with E-state index in [4.69, 9.17) is 0 Å². The molecule has 0 fully saturated rings. The summed E-state index contributed by atoms with van der Waals surface area (Å²) in [6.45, 7) is 4.24. The number of hydrogen-bond donors (Lipinski definition) is 1. The molecule has 1 heterocycles. The Hall–Kier alpha value is -1.83. The molecule has 0 spiro atoms. The molecule has 1 unspecified atom stereocenters. The summed E-state index contributed by atoms with van der Waals surface area (Å²) < 4.78 is 0. The molecule has 0 saturated carbocycles. The molecule has 2 heteroatoms. The minimum Gasteiger partial charge on any atom is -0.364 e. The Bertz CT molecular complexity index is 434. The first kappa shape index (κ1) is 10.7. The lowest BCUT2D eigenvalue weighted by Gasteiger charge is -2.14. The molecule has 0 aliphatic rings. The highest BCUT2D eigenvalue weighted by Gasteiger charge is 2.04. The third-order valence-electron chi connectivity index (χ3n) is 2.61. The van der Waals surface area contributed by atoms with Crippen LogP contribution in [-0.4, -0.2) is 4.98 Å². The molecular weight excluding hydrogens is 196 g/mol. The predicted molar refractivity (Wildman–Crippen MR) is 67.5 cm³/mol. The van der Waals surface area contributed by atoms with Gasteiger partial charge in [-0.25, -0.2) is 4.98 Å². The van der Waals surface area contributed by atoms with Gasteiger partial charge in [-0.2, -0.15) is 0 Å². The van der Waals surface area contributed by atoms with E-state index in [2.05, 4.69) is 48.4 Å². The smallest absolute Gasteiger partial charge is 0.126 e. The van der Waals surface area contributed by atoms with Crippen molar-refractivity contribution in [1.82, 2.24) is 4.98 Å². The molecule has 2 aromatic rings. The summed E-state index contributed by atoms with van der Waals surface area (Å²) in [6, 6.07) is 14.7. The topological polar surface area (TPSA) is 24.9 Å². The zero-order valence-corrected chi connectivity index (χ0v) is 9.64. The predicted octanol–water partition coefficient (Wildman–Crippen LogP) is 3.56. The number of aryl methyl sites for hydroxylation is 1. The second-order valence-corrected chi connectivity index (χ2v) is 3.99. The van der Waals surface area contributed by atoms with E-state index in [9.17, 15) is 0 Å². The number of hydrogen-bond acceptors (Lipinski definition) is 2. The molecular formula is C14H16N2. The van der Waals surface area contributed by atoms with Gasteiger partial charge in [0.05, 0.1) is 0 Å². The van der Waals surface area contributed by atoms with Gasteiger partial charge in [0.2, 0.25) is 0 Å². The monoisotopic (exact) mass is 212 g/mol. The van der Waals surface area contributed by atoms with E-state index in [0.29, 0.717) is 0 Å². The lowest BCUT2D eigenvalue weighted by Crippen LogP contribution is -2.07. The molecule has 2 rings (SSSR count). The molecule has 1 N–H and O–H groups in total. The first-order valence-electron chi connectivity index (χ1n) is 5.50. The summed E-state index contributed by atoms with van der Waals surface area (Å²) >= 11 is 0. The fourth-order valence-electron chi connectivity index (χ4n) is 1.61. The van der Waals surface area contributed by atoms with E-state index in [1.54, 1.807) is 6.20 Å². The summed E-state index contributed by atoms with van der Waals surface area (Å²) in [7, 11) is 0. The van der Waals surface area contributed by atoms with Crippen LogP contribution in [-0.2, 0) is 0 Å². The largest absolute Gasteiger partial charge is 0.364 e. The molecule has 1 aromatic carbocycles. The van der Waals surface area contributed by atoms with Crippen LogP contribution in [0.1, 0.15) is 24.1 Å². The minimum atomic E-state index is 0.274. The third-order valence-corrected chi connectivity index (χ3v) is 2.61. The maximum absolute atomic E-state index is 4.25. The van der Waals surface area contributed by atoms with Crippen LogP contribution in [0.3, 0.4) is 0 Å². The highest BCUT2D eigenvalue weighted by Crippen LogP contribution is 2.17. The second-order valence-electron chi connectivity index (χ2n) is 3.99. The normalized spacial score (nSPS) is 12.1. The molecule has 1 aromatic heterocycles. The lowest BCUT2D eigenvalue weighted by molar-refractivity contribution is 0.874. The van der Waals surface area contributed by atoms with E-state index in [-0.39, 0.29) is 6.04 Å². The number of benzene rings is 1. The zero-order chi connectivity index (χ0) is 11.4. The van der Waals surface area contributed by atoms with Gasteiger partial charge < -0.3 is 5.32 Å². The van der Waals surface area contributed by atoms with Crippen molar-refractivity contribution in [2.45, 2.75) is 19.9 Å². The maximum atomic E-state index is 4.25. The van der Waals surface area contributed by atoms with Gasteiger partial charge in [-0.15, -0.1) is 0 Å². The number of anilines is 1. The fourth-order valence-corrected chi connectivity index (χ4v) is 1.61. The van der Waals surface area contributed by atoms with Crippen LogP contribution in [0.25, 0.3) is 0 Å². The van der Waals surface area contributed by atoms with E-state index in [1.807, 2.05) is 18.2 Å². The molecule has 82 valence electrons.